The van der Waals surface area contributed by atoms with Crippen LogP contribution in [0.15, 0.2) is 12.1 Å². The fourth-order valence-electron chi connectivity index (χ4n) is 4.62. The highest BCUT2D eigenvalue weighted by Crippen LogP contribution is 2.40. The molecule has 7 heteroatoms. The van der Waals surface area contributed by atoms with Gasteiger partial charge in [-0.3, -0.25) is 4.79 Å². The van der Waals surface area contributed by atoms with Gasteiger partial charge in [-0.05, 0) is 43.7 Å². The molecule has 0 aromatic heterocycles. The fourth-order valence-corrected chi connectivity index (χ4v) is 4.62. The first-order valence-corrected chi connectivity index (χ1v) is 10.1. The number of carbonyl (C=O) groups excluding carboxylic acids is 2. The Labute approximate surface area is 164 Å². The monoisotopic (exact) mass is 389 g/mol. The summed E-state index contributed by atoms with van der Waals surface area (Å²) in [6.45, 7) is 1.36. The zero-order valence-electron chi connectivity index (χ0n) is 16.3. The van der Waals surface area contributed by atoms with Crippen LogP contribution < -0.4 is 14.2 Å². The molecule has 2 atom stereocenters. The standard InChI is InChI=1S/C21H27NO6/c1-25-17-11-15(12-18-20(17)27-10-9-26-18)21(24)28-13-19(23)22-8-4-6-14-5-2-3-7-16(14)22/h11-12,14,16H,2-10,13H2,1H3/t14-,16+/m0/s1. The average Bonchev–Trinajstić information content (AvgIpc) is 2.76. The van der Waals surface area contributed by atoms with E-state index in [1.165, 1.54) is 32.8 Å². The molecule has 3 aliphatic rings. The van der Waals surface area contributed by atoms with Crippen molar-refractivity contribution < 1.29 is 28.5 Å². The van der Waals surface area contributed by atoms with Gasteiger partial charge in [0.15, 0.2) is 18.1 Å². The molecular formula is C21H27NO6. The highest BCUT2D eigenvalue weighted by Gasteiger charge is 2.36. The zero-order chi connectivity index (χ0) is 19.5. The van der Waals surface area contributed by atoms with Gasteiger partial charge in [-0.1, -0.05) is 12.8 Å². The maximum Gasteiger partial charge on any atom is 0.338 e. The molecule has 0 bridgehead atoms. The Bertz CT molecular complexity index is 729. The molecule has 2 heterocycles. The number of methoxy groups -OCH3 is 1. The molecule has 2 fully saturated rings. The van der Waals surface area contributed by atoms with E-state index >= 15 is 0 Å². The Morgan fingerprint density at radius 2 is 1.89 bits per heavy atom. The summed E-state index contributed by atoms with van der Waals surface area (Å²) in [5.74, 6) is 1.28. The highest BCUT2D eigenvalue weighted by molar-refractivity contribution is 5.93. The number of amides is 1. The summed E-state index contributed by atoms with van der Waals surface area (Å²) in [5.41, 5.74) is 0.281. The Morgan fingerprint density at radius 3 is 2.75 bits per heavy atom. The SMILES string of the molecule is COc1cc(C(=O)OCC(=O)N2CCC[C@@H]3CCCC[C@H]32)cc2c1OCCO2. The molecule has 0 unspecified atom stereocenters. The summed E-state index contributed by atoms with van der Waals surface area (Å²) in [4.78, 5) is 27.2. The third kappa shape index (κ3) is 3.75. The predicted octanol–water partition coefficient (Wildman–Crippen LogP) is 2.80. The summed E-state index contributed by atoms with van der Waals surface area (Å²) in [6.07, 6.45) is 6.91. The lowest BCUT2D eigenvalue weighted by atomic mass is 9.78. The fraction of sp³-hybridized carbons (Fsp3) is 0.619. The third-order valence-corrected chi connectivity index (χ3v) is 5.95. The van der Waals surface area contributed by atoms with Crippen LogP contribution in [0.5, 0.6) is 17.2 Å². The van der Waals surface area contributed by atoms with E-state index in [1.807, 2.05) is 4.90 Å². The van der Waals surface area contributed by atoms with Gasteiger partial charge in [-0.25, -0.2) is 4.79 Å². The molecule has 7 nitrogen and oxygen atoms in total. The minimum Gasteiger partial charge on any atom is -0.493 e. The van der Waals surface area contributed by atoms with Crippen LogP contribution in [0.3, 0.4) is 0 Å². The first kappa shape index (κ1) is 18.9. The summed E-state index contributed by atoms with van der Waals surface area (Å²) >= 11 is 0. The van der Waals surface area contributed by atoms with E-state index < -0.39 is 5.97 Å². The van der Waals surface area contributed by atoms with Gasteiger partial charge >= 0.3 is 5.97 Å². The van der Waals surface area contributed by atoms with Crippen LogP contribution in [0.25, 0.3) is 0 Å². The van der Waals surface area contributed by atoms with Crippen molar-refractivity contribution in [3.63, 3.8) is 0 Å². The Morgan fingerprint density at radius 1 is 1.11 bits per heavy atom. The first-order valence-electron chi connectivity index (χ1n) is 10.1. The second-order valence-corrected chi connectivity index (χ2v) is 7.62. The lowest BCUT2D eigenvalue weighted by molar-refractivity contribution is -0.140. The number of benzene rings is 1. The third-order valence-electron chi connectivity index (χ3n) is 5.95. The van der Waals surface area contributed by atoms with E-state index in [0.29, 0.717) is 42.4 Å². The van der Waals surface area contributed by atoms with Crippen molar-refractivity contribution in [3.8, 4) is 17.2 Å². The summed E-state index contributed by atoms with van der Waals surface area (Å²) in [7, 11) is 1.50. The molecule has 2 aliphatic heterocycles. The lowest BCUT2D eigenvalue weighted by Crippen LogP contribution is -2.50. The number of hydrogen-bond acceptors (Lipinski definition) is 6. The van der Waals surface area contributed by atoms with E-state index in [4.69, 9.17) is 18.9 Å². The van der Waals surface area contributed by atoms with Gasteiger partial charge in [0.05, 0.1) is 12.7 Å². The van der Waals surface area contributed by atoms with Gasteiger partial charge in [0.1, 0.15) is 13.2 Å². The molecule has 1 amide bonds. The Kier molecular flexibility index (Phi) is 5.59. The number of carbonyl (C=O) groups is 2. The van der Waals surface area contributed by atoms with Gasteiger partial charge in [0.2, 0.25) is 5.75 Å². The molecule has 1 aliphatic carbocycles. The van der Waals surface area contributed by atoms with Gasteiger partial charge in [0.25, 0.3) is 5.91 Å². The van der Waals surface area contributed by atoms with Gasteiger partial charge in [-0.15, -0.1) is 0 Å². The van der Waals surface area contributed by atoms with Crippen molar-refractivity contribution >= 4 is 11.9 Å². The molecule has 1 aromatic rings. The van der Waals surface area contributed by atoms with Gasteiger partial charge in [0, 0.05) is 12.6 Å². The van der Waals surface area contributed by atoms with Crippen molar-refractivity contribution in [1.29, 1.82) is 0 Å². The van der Waals surface area contributed by atoms with E-state index in [-0.39, 0.29) is 18.1 Å². The van der Waals surface area contributed by atoms with Crippen LogP contribution >= 0.6 is 0 Å². The molecule has 28 heavy (non-hydrogen) atoms. The minimum atomic E-state index is -0.569. The van der Waals surface area contributed by atoms with Crippen molar-refractivity contribution in [3.05, 3.63) is 17.7 Å². The van der Waals surface area contributed by atoms with Crippen LogP contribution in [0.4, 0.5) is 0 Å². The van der Waals surface area contributed by atoms with Gasteiger partial charge in [-0.2, -0.15) is 0 Å². The van der Waals surface area contributed by atoms with E-state index in [2.05, 4.69) is 0 Å². The predicted molar refractivity (Wildman–Crippen MR) is 101 cm³/mol. The minimum absolute atomic E-state index is 0.102. The second kappa shape index (κ2) is 8.29. The van der Waals surface area contributed by atoms with Crippen LogP contribution in [-0.2, 0) is 9.53 Å². The zero-order valence-corrected chi connectivity index (χ0v) is 16.3. The molecule has 152 valence electrons. The normalized spacial score (nSPS) is 23.5. The molecule has 1 saturated carbocycles. The van der Waals surface area contributed by atoms with Crippen molar-refractivity contribution in [1.82, 2.24) is 4.90 Å². The largest absolute Gasteiger partial charge is 0.493 e. The summed E-state index contributed by atoms with van der Waals surface area (Å²) in [5, 5.41) is 0. The maximum atomic E-state index is 12.7. The first-order chi connectivity index (χ1) is 13.7. The number of nitrogens with zero attached hydrogens (tertiary/aromatic N) is 1. The molecule has 0 spiro atoms. The Balaban J connectivity index is 1.40. The number of hydrogen-bond donors (Lipinski definition) is 0. The number of fused-ring (bicyclic) bond motifs is 2. The van der Waals surface area contributed by atoms with Crippen LogP contribution in [0, 0.1) is 5.92 Å². The summed E-state index contributed by atoms with van der Waals surface area (Å²) in [6, 6.07) is 3.43. The van der Waals surface area contributed by atoms with E-state index in [9.17, 15) is 9.59 Å². The smallest absolute Gasteiger partial charge is 0.338 e. The molecule has 0 N–H and O–H groups in total. The maximum absolute atomic E-state index is 12.7. The van der Waals surface area contributed by atoms with Crippen molar-refractivity contribution in [2.24, 2.45) is 5.92 Å². The molecule has 1 saturated heterocycles. The molecule has 1 aromatic carbocycles. The second-order valence-electron chi connectivity index (χ2n) is 7.62. The molecule has 4 rings (SSSR count). The van der Waals surface area contributed by atoms with Crippen molar-refractivity contribution in [2.75, 3.05) is 33.5 Å². The number of piperidine rings is 1. The van der Waals surface area contributed by atoms with Crippen LogP contribution in [-0.4, -0.2) is 56.3 Å². The summed E-state index contributed by atoms with van der Waals surface area (Å²) < 4.78 is 21.7. The van der Waals surface area contributed by atoms with E-state index in [1.54, 1.807) is 12.1 Å². The molecule has 0 radical (unpaired) electrons. The van der Waals surface area contributed by atoms with Gasteiger partial charge < -0.3 is 23.8 Å². The number of rotatable bonds is 4. The van der Waals surface area contributed by atoms with Crippen molar-refractivity contribution in [2.45, 2.75) is 44.6 Å². The van der Waals surface area contributed by atoms with Crippen LogP contribution in [0.1, 0.15) is 48.9 Å². The number of likely N-dealkylation sites (tertiary alicyclic amines) is 1. The lowest BCUT2D eigenvalue weighted by Gasteiger charge is -2.44. The number of ether oxygens (including phenoxy) is 4. The van der Waals surface area contributed by atoms with Crippen LogP contribution in [0.2, 0.25) is 0 Å². The number of esters is 1. The quantitative estimate of drug-likeness (QED) is 0.738. The van der Waals surface area contributed by atoms with E-state index in [0.717, 1.165) is 19.4 Å². The topological polar surface area (TPSA) is 74.3 Å². The average molecular weight is 389 g/mol. The highest BCUT2D eigenvalue weighted by atomic mass is 16.6. The Hall–Kier alpha value is -2.44. The molecular weight excluding hydrogens is 362 g/mol.